The van der Waals surface area contributed by atoms with Crippen LogP contribution in [0.3, 0.4) is 0 Å². The Morgan fingerprint density at radius 3 is 1.18 bits per heavy atom. The Bertz CT molecular complexity index is 2200. The second kappa shape index (κ2) is 12.9. The van der Waals surface area contributed by atoms with Gasteiger partial charge in [0.15, 0.2) is 0 Å². The summed E-state index contributed by atoms with van der Waals surface area (Å²) in [5.74, 6) is 0. The maximum absolute atomic E-state index is 2.66. The number of benzene rings is 6. The van der Waals surface area contributed by atoms with Gasteiger partial charge in [0.2, 0.25) is 0 Å². The van der Waals surface area contributed by atoms with Crippen molar-refractivity contribution in [3.63, 3.8) is 0 Å². The van der Waals surface area contributed by atoms with Gasteiger partial charge in [0.05, 0.1) is 0 Å². The van der Waals surface area contributed by atoms with E-state index in [-0.39, 0.29) is 35.6 Å². The molecule has 0 amide bonds. The van der Waals surface area contributed by atoms with Crippen LogP contribution < -0.4 is 24.8 Å². The molecule has 0 aromatic heterocycles. The first-order valence-corrected chi connectivity index (χ1v) is 22.2. The molecule has 256 valence electrons. The Hall–Kier alpha value is -3.39. The van der Waals surface area contributed by atoms with Crippen LogP contribution in [0.5, 0.6) is 0 Å². The van der Waals surface area contributed by atoms with E-state index >= 15 is 0 Å². The maximum Gasteiger partial charge on any atom is -1.00 e. The summed E-state index contributed by atoms with van der Waals surface area (Å²) in [5, 5.41) is 5.32. The number of hydrogen-bond donors (Lipinski definition) is 0. The molecule has 6 aromatic rings. The summed E-state index contributed by atoms with van der Waals surface area (Å²) in [5.41, 5.74) is 15.2. The van der Waals surface area contributed by atoms with E-state index in [4.69, 9.17) is 0 Å². The maximum atomic E-state index is 2.66. The zero-order valence-electron chi connectivity index (χ0n) is 30.5. The van der Waals surface area contributed by atoms with Gasteiger partial charge in [-0.05, 0) is 0 Å². The fourth-order valence-electron chi connectivity index (χ4n) is 9.62. The van der Waals surface area contributed by atoms with Gasteiger partial charge in [-0.25, -0.2) is 0 Å². The van der Waals surface area contributed by atoms with Crippen LogP contribution in [0.25, 0.3) is 56.0 Å². The van der Waals surface area contributed by atoms with E-state index in [1.54, 1.807) is 22.3 Å². The van der Waals surface area contributed by atoms with Crippen LogP contribution in [0.2, 0.25) is 9.45 Å². The summed E-state index contributed by atoms with van der Waals surface area (Å²) in [4.78, 5) is 0. The molecule has 3 heteroatoms. The van der Waals surface area contributed by atoms with Gasteiger partial charge in [-0.3, -0.25) is 0 Å². The molecule has 2 unspecified atom stereocenters. The Morgan fingerprint density at radius 2 is 0.784 bits per heavy atom. The molecule has 9 rings (SSSR count). The van der Waals surface area contributed by atoms with Gasteiger partial charge in [-0.2, -0.15) is 0 Å². The van der Waals surface area contributed by atoms with Crippen molar-refractivity contribution < 1.29 is 41.4 Å². The first kappa shape index (κ1) is 36.0. The summed E-state index contributed by atoms with van der Waals surface area (Å²) in [7, 11) is 0. The summed E-state index contributed by atoms with van der Waals surface area (Å²) >= 11 is -2.65. The quantitative estimate of drug-likeness (QED) is 0.161. The number of fused-ring (bicyclic) bond motifs is 4. The molecule has 0 nitrogen and oxygen atoms in total. The zero-order valence-corrected chi connectivity index (χ0v) is 33.6. The first-order valence-electron chi connectivity index (χ1n) is 18.2. The largest absolute Gasteiger partial charge is 1.00 e. The molecule has 0 bridgehead atoms. The minimum atomic E-state index is -2.65. The standard InChI is InChI=1S/2C23H21.C2H4.2ClH.Ti/c2*1-23(2,3)18-14-17-10-7-13-21(22(17)15-18)20-12-6-9-16-8-4-5-11-19(16)20;1-2;;;/h2*4-15H,1-3H3;1-2H2;2*1H;/q;;;;;+2/p-2. The van der Waals surface area contributed by atoms with E-state index < -0.39 is 16.6 Å². The molecule has 2 aliphatic carbocycles. The van der Waals surface area contributed by atoms with Crippen molar-refractivity contribution in [3.05, 3.63) is 155 Å². The van der Waals surface area contributed by atoms with Gasteiger partial charge in [0, 0.05) is 0 Å². The predicted molar refractivity (Wildman–Crippen MR) is 209 cm³/mol. The van der Waals surface area contributed by atoms with E-state index in [0.29, 0.717) is 8.45 Å². The minimum Gasteiger partial charge on any atom is -1.00 e. The third-order valence-electron chi connectivity index (χ3n) is 12.0. The van der Waals surface area contributed by atoms with E-state index in [0.717, 1.165) is 0 Å². The van der Waals surface area contributed by atoms with Gasteiger partial charge in [-0.1, -0.05) is 0 Å². The molecule has 2 atom stereocenters. The molecule has 0 radical (unpaired) electrons. The molecule has 1 aliphatic heterocycles. The van der Waals surface area contributed by atoms with Crippen molar-refractivity contribution in [2.45, 2.75) is 59.4 Å². The van der Waals surface area contributed by atoms with Gasteiger partial charge >= 0.3 is 298 Å². The van der Waals surface area contributed by atoms with E-state index in [1.807, 2.05) is 0 Å². The molecule has 51 heavy (non-hydrogen) atoms. The molecular weight excluding hydrogens is 695 g/mol. The SMILES string of the molecule is CC(C)(C)C1=Cc2c(-c3cccc4ccccc34)cccc2[CH]1[Ti+2]1([CH]2C(C(C)(C)C)=Cc3c(-c4cccc5ccccc45)cccc32)[CH2][CH2]1.[Cl-].[Cl-]. The van der Waals surface area contributed by atoms with Crippen molar-refractivity contribution in [2.24, 2.45) is 10.8 Å². The van der Waals surface area contributed by atoms with Crippen molar-refractivity contribution in [1.82, 2.24) is 0 Å². The number of rotatable bonds is 4. The average Bonchev–Trinajstić information content (AvgIpc) is 3.59. The smallest absolute Gasteiger partial charge is 1.00 e. The van der Waals surface area contributed by atoms with Crippen molar-refractivity contribution in [3.8, 4) is 22.3 Å². The Balaban J connectivity index is 0.00000203. The number of hydrogen-bond acceptors (Lipinski definition) is 0. The van der Waals surface area contributed by atoms with Gasteiger partial charge in [0.25, 0.3) is 0 Å². The van der Waals surface area contributed by atoms with Crippen LogP contribution in [0, 0.1) is 10.8 Å². The Morgan fingerprint density at radius 1 is 0.431 bits per heavy atom. The Kier molecular flexibility index (Phi) is 9.12. The fraction of sp³-hybridized carbons (Fsp3) is 0.250. The molecule has 1 fully saturated rings. The number of halogens is 2. The third-order valence-corrected chi connectivity index (χ3v) is 20.1. The molecule has 6 aromatic carbocycles. The molecule has 1 heterocycles. The van der Waals surface area contributed by atoms with Crippen molar-refractivity contribution in [1.29, 1.82) is 0 Å². The second-order valence-corrected chi connectivity index (χ2v) is 24.2. The molecular formula is C48H46Cl2Ti. The van der Waals surface area contributed by atoms with Crippen molar-refractivity contribution in [2.75, 3.05) is 0 Å². The van der Waals surface area contributed by atoms with Gasteiger partial charge < -0.3 is 24.8 Å². The normalized spacial score (nSPS) is 18.1. The molecule has 0 spiro atoms. The van der Waals surface area contributed by atoms with Gasteiger partial charge in [-0.15, -0.1) is 0 Å². The van der Waals surface area contributed by atoms with E-state index in [9.17, 15) is 0 Å². The summed E-state index contributed by atoms with van der Waals surface area (Å²) in [6.45, 7) is 14.8. The van der Waals surface area contributed by atoms with Crippen LogP contribution in [-0.4, -0.2) is 0 Å². The molecule has 1 saturated heterocycles. The van der Waals surface area contributed by atoms with Gasteiger partial charge in [0.1, 0.15) is 0 Å². The summed E-state index contributed by atoms with van der Waals surface area (Å²) in [6.07, 6.45) is 5.32. The van der Waals surface area contributed by atoms with Crippen LogP contribution in [0.1, 0.15) is 72.2 Å². The van der Waals surface area contributed by atoms with Crippen LogP contribution in [-0.2, 0) is 16.6 Å². The Labute approximate surface area is 320 Å². The summed E-state index contributed by atoms with van der Waals surface area (Å²) in [6, 6.07) is 46.0. The zero-order chi connectivity index (χ0) is 33.7. The average molecular weight is 742 g/mol. The van der Waals surface area contributed by atoms with E-state index in [1.165, 1.54) is 64.4 Å². The second-order valence-electron chi connectivity index (χ2n) is 17.0. The predicted octanol–water partition coefficient (Wildman–Crippen LogP) is 8.01. The minimum absolute atomic E-state index is 0. The van der Waals surface area contributed by atoms with Crippen LogP contribution in [0.4, 0.5) is 0 Å². The molecule has 0 N–H and O–H groups in total. The first-order chi connectivity index (χ1) is 23.6. The molecule has 0 saturated carbocycles. The van der Waals surface area contributed by atoms with Crippen LogP contribution >= 0.6 is 0 Å². The van der Waals surface area contributed by atoms with E-state index in [2.05, 4.69) is 175 Å². The number of allylic oxidation sites excluding steroid dienone is 2. The third kappa shape index (κ3) is 5.70. The molecule has 3 aliphatic rings. The monoisotopic (exact) mass is 740 g/mol. The summed E-state index contributed by atoms with van der Waals surface area (Å²) < 4.78 is 4.00. The fourth-order valence-corrected chi connectivity index (χ4v) is 20.5. The van der Waals surface area contributed by atoms with Crippen LogP contribution in [0.15, 0.2) is 132 Å². The van der Waals surface area contributed by atoms with Crippen molar-refractivity contribution >= 4 is 33.7 Å². The topological polar surface area (TPSA) is 0 Å².